The summed E-state index contributed by atoms with van der Waals surface area (Å²) in [5, 5.41) is 0. The molecule has 18 heavy (non-hydrogen) atoms. The van der Waals surface area contributed by atoms with Crippen molar-refractivity contribution >= 4 is 5.82 Å². The van der Waals surface area contributed by atoms with E-state index in [4.69, 9.17) is 15.5 Å². The molecule has 1 aliphatic rings. The number of anilines is 1. The third-order valence-electron chi connectivity index (χ3n) is 3.53. The van der Waals surface area contributed by atoms with Gasteiger partial charge in [0.05, 0.1) is 0 Å². The van der Waals surface area contributed by atoms with E-state index in [2.05, 4.69) is 18.0 Å². The zero-order chi connectivity index (χ0) is 13.0. The molecular formula is C14H23N3O. The molecule has 100 valence electrons. The van der Waals surface area contributed by atoms with E-state index in [9.17, 15) is 0 Å². The Balaban J connectivity index is 2.15. The molecule has 0 spiro atoms. The number of hydrogen-bond donors (Lipinski definition) is 1. The van der Waals surface area contributed by atoms with E-state index >= 15 is 0 Å². The summed E-state index contributed by atoms with van der Waals surface area (Å²) in [5.74, 6) is 1.05. The Labute approximate surface area is 109 Å². The number of nitrogens with zero attached hydrogens (tertiary/aromatic N) is 2. The molecule has 0 aliphatic heterocycles. The molecule has 0 bridgehead atoms. The Kier molecular flexibility index (Phi) is 4.55. The van der Waals surface area contributed by atoms with Gasteiger partial charge in [0.1, 0.15) is 5.82 Å². The fourth-order valence-corrected chi connectivity index (χ4v) is 2.54. The topological polar surface area (TPSA) is 51.4 Å². The van der Waals surface area contributed by atoms with E-state index < -0.39 is 0 Å². The molecule has 2 N–H and O–H groups in total. The molecule has 0 aromatic carbocycles. The van der Waals surface area contributed by atoms with Gasteiger partial charge in [0.15, 0.2) is 0 Å². The highest BCUT2D eigenvalue weighted by Gasteiger charge is 2.17. The highest BCUT2D eigenvalue weighted by molar-refractivity contribution is 5.50. The Morgan fingerprint density at radius 3 is 3.00 bits per heavy atom. The van der Waals surface area contributed by atoms with Crippen LogP contribution in [0.4, 0.5) is 5.82 Å². The zero-order valence-corrected chi connectivity index (χ0v) is 11.4. The highest BCUT2D eigenvalue weighted by atomic mass is 16.5. The van der Waals surface area contributed by atoms with Crippen molar-refractivity contribution < 1.29 is 4.74 Å². The zero-order valence-electron chi connectivity index (χ0n) is 11.4. The third kappa shape index (κ3) is 2.82. The highest BCUT2D eigenvalue weighted by Crippen LogP contribution is 2.26. The van der Waals surface area contributed by atoms with Crippen LogP contribution in [0.25, 0.3) is 0 Å². The fourth-order valence-electron chi connectivity index (χ4n) is 2.54. The minimum Gasteiger partial charge on any atom is -0.385 e. The number of aryl methyl sites for hydroxylation is 2. The molecule has 0 fully saturated rings. The Hall–Kier alpha value is -1.13. The van der Waals surface area contributed by atoms with Crippen molar-refractivity contribution in [1.82, 2.24) is 4.98 Å². The molecule has 1 heterocycles. The van der Waals surface area contributed by atoms with E-state index in [1.807, 2.05) is 0 Å². The predicted octanol–water partition coefficient (Wildman–Crippen LogP) is 1.50. The normalized spacial score (nSPS) is 13.7. The standard InChI is InChI=1S/C14H23N3O/c1-17(7-4-8-18-2)14-12(10-15)9-11-5-3-6-13(11)16-14/h9H,3-8,10,15H2,1-2H3. The van der Waals surface area contributed by atoms with Crippen LogP contribution >= 0.6 is 0 Å². The molecule has 0 unspecified atom stereocenters. The van der Waals surface area contributed by atoms with Crippen LogP contribution in [-0.2, 0) is 24.1 Å². The van der Waals surface area contributed by atoms with Crippen LogP contribution in [0.3, 0.4) is 0 Å². The Bertz CT molecular complexity index is 406. The monoisotopic (exact) mass is 249 g/mol. The molecule has 4 heteroatoms. The number of ether oxygens (including phenoxy) is 1. The fraction of sp³-hybridized carbons (Fsp3) is 0.643. The van der Waals surface area contributed by atoms with Crippen molar-refractivity contribution in [2.75, 3.05) is 32.2 Å². The smallest absolute Gasteiger partial charge is 0.133 e. The Morgan fingerprint density at radius 1 is 1.44 bits per heavy atom. The molecular weight excluding hydrogens is 226 g/mol. The maximum absolute atomic E-state index is 5.85. The number of aromatic nitrogens is 1. The van der Waals surface area contributed by atoms with Crippen molar-refractivity contribution in [2.45, 2.75) is 32.2 Å². The average Bonchev–Trinajstić information content (AvgIpc) is 2.84. The average molecular weight is 249 g/mol. The lowest BCUT2D eigenvalue weighted by Crippen LogP contribution is -2.23. The van der Waals surface area contributed by atoms with Crippen LogP contribution < -0.4 is 10.6 Å². The number of rotatable bonds is 6. The minimum absolute atomic E-state index is 0.560. The van der Waals surface area contributed by atoms with Gasteiger partial charge in [-0.2, -0.15) is 0 Å². The van der Waals surface area contributed by atoms with E-state index in [1.165, 1.54) is 17.7 Å². The van der Waals surface area contributed by atoms with Crippen molar-refractivity contribution in [3.05, 3.63) is 22.9 Å². The second kappa shape index (κ2) is 6.16. The largest absolute Gasteiger partial charge is 0.385 e. The van der Waals surface area contributed by atoms with Crippen LogP contribution in [0.1, 0.15) is 29.7 Å². The van der Waals surface area contributed by atoms with Gasteiger partial charge in [-0.25, -0.2) is 4.98 Å². The van der Waals surface area contributed by atoms with Crippen molar-refractivity contribution in [2.24, 2.45) is 5.73 Å². The number of pyridine rings is 1. The first-order valence-corrected chi connectivity index (χ1v) is 6.68. The summed E-state index contributed by atoms with van der Waals surface area (Å²) in [4.78, 5) is 7.00. The van der Waals surface area contributed by atoms with Crippen molar-refractivity contribution in [1.29, 1.82) is 0 Å². The summed E-state index contributed by atoms with van der Waals surface area (Å²) in [5.41, 5.74) is 9.67. The first-order chi connectivity index (χ1) is 8.76. The van der Waals surface area contributed by atoms with Gasteiger partial charge in [0.25, 0.3) is 0 Å². The Morgan fingerprint density at radius 2 is 2.28 bits per heavy atom. The molecule has 2 rings (SSSR count). The van der Waals surface area contributed by atoms with E-state index in [-0.39, 0.29) is 0 Å². The summed E-state index contributed by atoms with van der Waals surface area (Å²) in [7, 11) is 3.82. The second-order valence-electron chi connectivity index (χ2n) is 4.90. The first kappa shape index (κ1) is 13.3. The lowest BCUT2D eigenvalue weighted by molar-refractivity contribution is 0.196. The molecule has 0 amide bonds. The van der Waals surface area contributed by atoms with Crippen LogP contribution in [0.2, 0.25) is 0 Å². The van der Waals surface area contributed by atoms with Gasteiger partial charge >= 0.3 is 0 Å². The molecule has 1 aliphatic carbocycles. The van der Waals surface area contributed by atoms with Crippen LogP contribution in [0.15, 0.2) is 6.07 Å². The van der Waals surface area contributed by atoms with Crippen LogP contribution in [0.5, 0.6) is 0 Å². The van der Waals surface area contributed by atoms with Crippen LogP contribution in [0, 0.1) is 0 Å². The molecule has 0 atom stereocenters. The summed E-state index contributed by atoms with van der Waals surface area (Å²) in [6.07, 6.45) is 4.50. The molecule has 0 radical (unpaired) electrons. The van der Waals surface area contributed by atoms with Gasteiger partial charge in [-0.05, 0) is 37.3 Å². The van der Waals surface area contributed by atoms with E-state index in [0.29, 0.717) is 6.54 Å². The molecule has 0 saturated heterocycles. The van der Waals surface area contributed by atoms with Gasteiger partial charge in [-0.1, -0.05) is 0 Å². The second-order valence-corrected chi connectivity index (χ2v) is 4.90. The van der Waals surface area contributed by atoms with Gasteiger partial charge in [-0.3, -0.25) is 0 Å². The van der Waals surface area contributed by atoms with Gasteiger partial charge in [-0.15, -0.1) is 0 Å². The lowest BCUT2D eigenvalue weighted by atomic mass is 10.1. The number of fused-ring (bicyclic) bond motifs is 1. The minimum atomic E-state index is 0.560. The van der Waals surface area contributed by atoms with Gasteiger partial charge in [0, 0.05) is 45.1 Å². The number of hydrogen-bond acceptors (Lipinski definition) is 4. The molecule has 1 aromatic rings. The third-order valence-corrected chi connectivity index (χ3v) is 3.53. The molecule has 0 saturated carbocycles. The quantitative estimate of drug-likeness (QED) is 0.776. The maximum atomic E-state index is 5.85. The van der Waals surface area contributed by atoms with Crippen molar-refractivity contribution in [3.8, 4) is 0 Å². The summed E-state index contributed by atoms with van der Waals surface area (Å²) >= 11 is 0. The van der Waals surface area contributed by atoms with E-state index in [0.717, 1.165) is 43.8 Å². The predicted molar refractivity (Wildman–Crippen MR) is 73.9 cm³/mol. The molecule has 1 aromatic heterocycles. The SMILES string of the molecule is COCCCN(C)c1nc2c(cc1CN)CCC2. The van der Waals surface area contributed by atoms with Gasteiger partial charge in [0.2, 0.25) is 0 Å². The number of methoxy groups -OCH3 is 1. The summed E-state index contributed by atoms with van der Waals surface area (Å²) in [6, 6.07) is 2.25. The van der Waals surface area contributed by atoms with Crippen molar-refractivity contribution in [3.63, 3.8) is 0 Å². The molecule has 4 nitrogen and oxygen atoms in total. The first-order valence-electron chi connectivity index (χ1n) is 6.68. The van der Waals surface area contributed by atoms with Crippen LogP contribution in [-0.4, -0.2) is 32.3 Å². The summed E-state index contributed by atoms with van der Waals surface area (Å²) in [6.45, 7) is 2.30. The lowest BCUT2D eigenvalue weighted by Gasteiger charge is -2.22. The summed E-state index contributed by atoms with van der Waals surface area (Å²) < 4.78 is 5.09. The number of nitrogens with two attached hydrogens (primary N) is 1. The van der Waals surface area contributed by atoms with E-state index in [1.54, 1.807) is 7.11 Å². The van der Waals surface area contributed by atoms with Gasteiger partial charge < -0.3 is 15.4 Å². The maximum Gasteiger partial charge on any atom is 0.133 e.